The maximum absolute atomic E-state index is 14.2. The second-order valence-corrected chi connectivity index (χ2v) is 17.6. The van der Waals surface area contributed by atoms with Gasteiger partial charge in [0.2, 0.25) is 33.6 Å². The van der Waals surface area contributed by atoms with Crippen LogP contribution in [0.3, 0.4) is 0 Å². The molecule has 4 heterocycles. The second-order valence-electron chi connectivity index (χ2n) is 15.4. The molecule has 12 nitrogen and oxygen atoms in total. The summed E-state index contributed by atoms with van der Waals surface area (Å²) >= 11 is 0. The minimum Gasteiger partial charge on any atom is -0.497 e. The molecule has 0 spiro atoms. The fourth-order valence-electron chi connectivity index (χ4n) is 7.87. The molecule has 1 saturated heterocycles. The first-order valence-corrected chi connectivity index (χ1v) is 19.5. The Balaban J connectivity index is 1.19. The number of aromatic nitrogens is 1. The summed E-state index contributed by atoms with van der Waals surface area (Å²) in [6, 6.07) is 4.78. The Hall–Kier alpha value is -3.87. The van der Waals surface area contributed by atoms with E-state index in [1.807, 2.05) is 30.4 Å². The van der Waals surface area contributed by atoms with Crippen LogP contribution >= 0.6 is 0 Å². The van der Waals surface area contributed by atoms with Crippen LogP contribution in [0, 0.1) is 17.8 Å². The maximum Gasteiger partial charge on any atom is 0.259 e. The van der Waals surface area contributed by atoms with Crippen molar-refractivity contribution in [2.45, 2.75) is 107 Å². The van der Waals surface area contributed by atoms with Crippen molar-refractivity contribution in [1.29, 1.82) is 0 Å². The average Bonchev–Trinajstić information content (AvgIpc) is 3.96. The summed E-state index contributed by atoms with van der Waals surface area (Å²) in [5, 5.41) is 4.65. The third-order valence-corrected chi connectivity index (χ3v) is 13.5. The van der Waals surface area contributed by atoms with E-state index in [0.29, 0.717) is 42.9 Å². The number of fused-ring (bicyclic) bond motifs is 5. The zero-order valence-corrected chi connectivity index (χ0v) is 30.1. The third-order valence-electron chi connectivity index (χ3n) is 11.3. The quantitative estimate of drug-likeness (QED) is 0.421. The Labute approximate surface area is 293 Å². The summed E-state index contributed by atoms with van der Waals surface area (Å²) in [4.78, 5) is 48.3. The number of pyridine rings is 1. The first-order valence-electron chi connectivity index (χ1n) is 18.0. The van der Waals surface area contributed by atoms with E-state index in [1.165, 1.54) is 0 Å². The fourth-order valence-corrected chi connectivity index (χ4v) is 9.18. The number of hydrogen-bond acceptors (Lipinski definition) is 9. The number of nitrogens with one attached hydrogen (secondary N) is 2. The van der Waals surface area contributed by atoms with Crippen LogP contribution in [0.5, 0.6) is 17.5 Å². The molecule has 0 radical (unpaired) electrons. The van der Waals surface area contributed by atoms with E-state index < -0.39 is 44.3 Å². The third kappa shape index (κ3) is 6.53. The van der Waals surface area contributed by atoms with Crippen LogP contribution in [-0.2, 0) is 30.8 Å². The minimum absolute atomic E-state index is 0.105. The van der Waals surface area contributed by atoms with Crippen molar-refractivity contribution in [1.82, 2.24) is 19.9 Å². The molecule has 1 aromatic heterocycles. The first-order chi connectivity index (χ1) is 23.8. The van der Waals surface area contributed by atoms with Crippen molar-refractivity contribution in [3.63, 3.8) is 0 Å². The van der Waals surface area contributed by atoms with Gasteiger partial charge in [0.15, 0.2) is 0 Å². The van der Waals surface area contributed by atoms with Crippen molar-refractivity contribution in [2.75, 3.05) is 20.3 Å². The number of aryl methyl sites for hydroxylation is 1. The number of carbonyl (C=O) groups excluding carboxylic acids is 3. The average molecular weight is 709 g/mol. The van der Waals surface area contributed by atoms with Gasteiger partial charge in [-0.05, 0) is 93.7 Å². The lowest BCUT2D eigenvalue weighted by Crippen LogP contribution is -2.57. The number of amides is 3. The number of methoxy groups -OCH3 is 1. The van der Waals surface area contributed by atoms with Gasteiger partial charge in [-0.1, -0.05) is 26.0 Å². The molecule has 2 saturated carbocycles. The van der Waals surface area contributed by atoms with E-state index in [0.717, 1.165) is 48.4 Å². The molecule has 13 heteroatoms. The molecule has 270 valence electrons. The van der Waals surface area contributed by atoms with E-state index in [9.17, 15) is 22.8 Å². The summed E-state index contributed by atoms with van der Waals surface area (Å²) in [6.07, 6.45) is 9.30. The van der Waals surface area contributed by atoms with Crippen LogP contribution in [0.15, 0.2) is 30.4 Å². The van der Waals surface area contributed by atoms with E-state index in [-0.39, 0.29) is 43.6 Å². The summed E-state index contributed by atoms with van der Waals surface area (Å²) in [5.41, 5.74) is -0.436. The van der Waals surface area contributed by atoms with Crippen molar-refractivity contribution < 1.29 is 37.0 Å². The number of allylic oxidation sites excluding steroid dienone is 1. The lowest BCUT2D eigenvalue weighted by molar-refractivity contribution is -0.140. The number of hydrogen-bond donors (Lipinski definition) is 2. The highest BCUT2D eigenvalue weighted by Crippen LogP contribution is 2.48. The number of nitrogens with zero attached hydrogens (tertiary/aromatic N) is 2. The van der Waals surface area contributed by atoms with E-state index >= 15 is 0 Å². The molecule has 2 aliphatic carbocycles. The molecule has 50 heavy (non-hydrogen) atoms. The van der Waals surface area contributed by atoms with Crippen molar-refractivity contribution in [2.24, 2.45) is 17.8 Å². The number of carbonyl (C=O) groups is 3. The Bertz CT molecular complexity index is 1840. The molecule has 5 aliphatic rings. The van der Waals surface area contributed by atoms with Gasteiger partial charge in [0.1, 0.15) is 23.4 Å². The highest BCUT2D eigenvalue weighted by Gasteiger charge is 2.63. The molecule has 2 N–H and O–H groups in total. The van der Waals surface area contributed by atoms with Gasteiger partial charge >= 0.3 is 0 Å². The largest absolute Gasteiger partial charge is 0.497 e. The molecule has 1 unspecified atom stereocenters. The highest BCUT2D eigenvalue weighted by molar-refractivity contribution is 7.91. The van der Waals surface area contributed by atoms with Gasteiger partial charge in [0.05, 0.1) is 25.0 Å². The monoisotopic (exact) mass is 708 g/mol. The Morgan fingerprint density at radius 3 is 2.70 bits per heavy atom. The van der Waals surface area contributed by atoms with E-state index in [2.05, 4.69) is 23.9 Å². The summed E-state index contributed by atoms with van der Waals surface area (Å²) in [7, 11) is -2.31. The minimum atomic E-state index is -3.93. The van der Waals surface area contributed by atoms with Crippen LogP contribution in [0.1, 0.15) is 84.1 Å². The van der Waals surface area contributed by atoms with Crippen LogP contribution < -0.4 is 24.2 Å². The van der Waals surface area contributed by atoms with E-state index in [1.54, 1.807) is 18.9 Å². The molecular formula is C37H48N4O8S. The number of rotatable bonds is 6. The molecule has 7 rings (SSSR count). The van der Waals surface area contributed by atoms with Gasteiger partial charge in [0.25, 0.3) is 5.91 Å². The predicted octanol–water partition coefficient (Wildman–Crippen LogP) is 4.19. The fraction of sp³-hybridized carbons (Fsp3) is 0.622. The molecule has 6 atom stereocenters. The van der Waals surface area contributed by atoms with Gasteiger partial charge in [-0.2, -0.15) is 4.98 Å². The molecule has 3 amide bonds. The second kappa shape index (κ2) is 13.0. The van der Waals surface area contributed by atoms with Gasteiger partial charge in [-0.25, -0.2) is 8.42 Å². The SMILES string of the molecule is COc1ccc2c(O[C@@H]3C[C@H]4C(=O)N[C@]5(C(=O)NS(=O)(=O)C6(C)CC6)CC5/C=C\CC[C@H](C)C[C@@H](C)CC(=O)N4C3)nc3c(c2c1)CCCO3. The van der Waals surface area contributed by atoms with Gasteiger partial charge < -0.3 is 24.4 Å². The predicted molar refractivity (Wildman–Crippen MR) is 186 cm³/mol. The Morgan fingerprint density at radius 1 is 1.14 bits per heavy atom. The standard InChI is InChI=1S/C37H48N4O8S/c1-22-8-5-6-9-24-20-37(24,35(44)40-50(45,46)36(3)13-14-36)39-32(43)30-19-26(21-41(30)31(42)17-23(2)16-22)49-34-28-12-11-25(47-4)18-29(28)27-10-7-15-48-33(27)38-34/h6,9,11-12,18,22-24,26,30H,5,7-8,10,13-17,19-21H2,1-4H3,(H,39,43)(H,40,44)/b9-6-/t22-,23+,24?,26+,30-,37+/m0/s1. The van der Waals surface area contributed by atoms with E-state index in [4.69, 9.17) is 19.2 Å². The molecule has 0 bridgehead atoms. The zero-order chi connectivity index (χ0) is 35.4. The van der Waals surface area contributed by atoms with Crippen LogP contribution in [0.25, 0.3) is 10.8 Å². The van der Waals surface area contributed by atoms with Crippen LogP contribution in [0.2, 0.25) is 0 Å². The topological polar surface area (TPSA) is 153 Å². The van der Waals surface area contributed by atoms with Crippen molar-refractivity contribution >= 4 is 38.5 Å². The number of benzene rings is 1. The molecule has 1 aromatic carbocycles. The number of sulfonamides is 1. The normalized spacial score (nSPS) is 31.4. The van der Waals surface area contributed by atoms with Gasteiger partial charge in [-0.15, -0.1) is 0 Å². The van der Waals surface area contributed by atoms with Crippen LogP contribution in [0.4, 0.5) is 0 Å². The van der Waals surface area contributed by atoms with Crippen LogP contribution in [-0.4, -0.2) is 78.7 Å². The highest BCUT2D eigenvalue weighted by atomic mass is 32.2. The van der Waals surface area contributed by atoms with Crippen molar-refractivity contribution in [3.05, 3.63) is 35.9 Å². The Morgan fingerprint density at radius 2 is 1.94 bits per heavy atom. The molecule has 3 fully saturated rings. The van der Waals surface area contributed by atoms with Gasteiger partial charge in [0, 0.05) is 29.7 Å². The molecule has 2 aromatic rings. The Kier molecular flexibility index (Phi) is 9.01. The molecule has 3 aliphatic heterocycles. The lowest BCUT2D eigenvalue weighted by atomic mass is 9.91. The molecular weight excluding hydrogens is 660 g/mol. The smallest absolute Gasteiger partial charge is 0.259 e. The first kappa shape index (κ1) is 34.6. The summed E-state index contributed by atoms with van der Waals surface area (Å²) in [5.74, 6) is 0.281. The zero-order valence-electron chi connectivity index (χ0n) is 29.3. The number of ether oxygens (including phenoxy) is 3. The summed E-state index contributed by atoms with van der Waals surface area (Å²) < 4.78 is 45.5. The maximum atomic E-state index is 14.2. The van der Waals surface area contributed by atoms with Gasteiger partial charge in [-0.3, -0.25) is 19.1 Å². The summed E-state index contributed by atoms with van der Waals surface area (Å²) in [6.45, 7) is 6.56. The lowest BCUT2D eigenvalue weighted by Gasteiger charge is -2.28. The van der Waals surface area contributed by atoms with Crippen molar-refractivity contribution in [3.8, 4) is 17.5 Å².